The van der Waals surface area contributed by atoms with Gasteiger partial charge < -0.3 is 21.1 Å². The van der Waals surface area contributed by atoms with Gasteiger partial charge in [0, 0.05) is 13.1 Å². The van der Waals surface area contributed by atoms with Gasteiger partial charge in [0.2, 0.25) is 0 Å². The molecule has 0 aromatic carbocycles. The minimum atomic E-state index is -0.584. The number of rotatable bonds is 9. The van der Waals surface area contributed by atoms with Crippen molar-refractivity contribution in [3.05, 3.63) is 0 Å². The van der Waals surface area contributed by atoms with Crippen molar-refractivity contribution >= 4 is 24.3 Å². The molecule has 19 heavy (non-hydrogen) atoms. The van der Waals surface area contributed by atoms with Crippen LogP contribution >= 0.6 is 12.4 Å². The number of nitrogens with one attached hydrogen (secondary N) is 1. The minimum Gasteiger partial charge on any atom is -0.468 e. The second-order valence-corrected chi connectivity index (χ2v) is 4.35. The molecule has 0 rings (SSSR count). The summed E-state index contributed by atoms with van der Waals surface area (Å²) in [5.74, 6) is -0.312. The van der Waals surface area contributed by atoms with E-state index >= 15 is 0 Å². The molecule has 7 heteroatoms. The first-order chi connectivity index (χ1) is 8.52. The van der Waals surface area contributed by atoms with Gasteiger partial charge in [0.05, 0.1) is 7.11 Å². The molecule has 0 radical (unpaired) electrons. The standard InChI is InChI=1S/C12H26N4O2.ClH/c1-3-4-5-8-16(12(14)15)9-6-7-10(13)11(17)18-2;/h10H,3-9,13H2,1-2H3,(H3,14,15);1H. The summed E-state index contributed by atoms with van der Waals surface area (Å²) in [6, 6.07) is -0.584. The summed E-state index contributed by atoms with van der Waals surface area (Å²) in [5.41, 5.74) is 11.1. The predicted molar refractivity (Wildman–Crippen MR) is 79.5 cm³/mol. The predicted octanol–water partition coefficient (Wildman–Crippen LogP) is 1.07. The number of ether oxygens (including phenoxy) is 1. The Balaban J connectivity index is 0. The highest BCUT2D eigenvalue weighted by Gasteiger charge is 2.14. The van der Waals surface area contributed by atoms with Crippen LogP contribution < -0.4 is 11.5 Å². The first kappa shape index (κ1) is 20.3. The highest BCUT2D eigenvalue weighted by Crippen LogP contribution is 2.02. The average Bonchev–Trinajstić information content (AvgIpc) is 2.35. The number of halogens is 1. The van der Waals surface area contributed by atoms with Gasteiger partial charge in [-0.05, 0) is 19.3 Å². The zero-order chi connectivity index (χ0) is 14.0. The Morgan fingerprint density at radius 2 is 1.89 bits per heavy atom. The van der Waals surface area contributed by atoms with Gasteiger partial charge in [-0.15, -0.1) is 12.4 Å². The van der Waals surface area contributed by atoms with E-state index in [0.717, 1.165) is 32.2 Å². The van der Waals surface area contributed by atoms with Crippen molar-refractivity contribution in [1.82, 2.24) is 4.90 Å². The number of nitrogens with two attached hydrogens (primary N) is 2. The van der Waals surface area contributed by atoms with Gasteiger partial charge in [-0.2, -0.15) is 0 Å². The summed E-state index contributed by atoms with van der Waals surface area (Å²) in [5, 5.41) is 7.47. The molecular weight excluding hydrogens is 268 g/mol. The van der Waals surface area contributed by atoms with Crippen LogP contribution in [0.5, 0.6) is 0 Å². The fourth-order valence-electron chi connectivity index (χ4n) is 1.68. The molecular formula is C12H27ClN4O2. The van der Waals surface area contributed by atoms with Crippen molar-refractivity contribution in [2.45, 2.75) is 45.1 Å². The highest BCUT2D eigenvalue weighted by atomic mass is 35.5. The third-order valence-electron chi connectivity index (χ3n) is 2.82. The Bertz CT molecular complexity index is 264. The minimum absolute atomic E-state index is 0. The maximum absolute atomic E-state index is 11.1. The van der Waals surface area contributed by atoms with Gasteiger partial charge in [-0.3, -0.25) is 10.2 Å². The van der Waals surface area contributed by atoms with Crippen LogP contribution in [0.25, 0.3) is 0 Å². The van der Waals surface area contributed by atoms with Crippen LogP contribution in [0.1, 0.15) is 39.0 Å². The van der Waals surface area contributed by atoms with E-state index in [1.54, 1.807) is 0 Å². The van der Waals surface area contributed by atoms with E-state index in [1.807, 2.05) is 4.90 Å². The molecule has 1 atom stereocenters. The van der Waals surface area contributed by atoms with Crippen molar-refractivity contribution in [3.63, 3.8) is 0 Å². The average molecular weight is 295 g/mol. The number of carbonyl (C=O) groups is 1. The van der Waals surface area contributed by atoms with Crippen molar-refractivity contribution in [2.75, 3.05) is 20.2 Å². The Kier molecular flexibility index (Phi) is 12.9. The Morgan fingerprint density at radius 3 is 2.37 bits per heavy atom. The maximum atomic E-state index is 11.1. The number of carbonyl (C=O) groups excluding carboxylic acids is 1. The van der Waals surface area contributed by atoms with Crippen molar-refractivity contribution < 1.29 is 9.53 Å². The van der Waals surface area contributed by atoms with Gasteiger partial charge in [0.25, 0.3) is 0 Å². The van der Waals surface area contributed by atoms with Crippen molar-refractivity contribution in [3.8, 4) is 0 Å². The Labute approximate surface area is 121 Å². The lowest BCUT2D eigenvalue weighted by atomic mass is 10.1. The quantitative estimate of drug-likeness (QED) is 0.255. The van der Waals surface area contributed by atoms with E-state index < -0.39 is 12.0 Å². The summed E-state index contributed by atoms with van der Waals surface area (Å²) in [6.07, 6.45) is 4.57. The zero-order valence-corrected chi connectivity index (χ0v) is 12.7. The van der Waals surface area contributed by atoms with Crippen LogP contribution in [0.4, 0.5) is 0 Å². The van der Waals surface area contributed by atoms with Crippen molar-refractivity contribution in [2.24, 2.45) is 11.5 Å². The van der Waals surface area contributed by atoms with E-state index in [0.29, 0.717) is 13.0 Å². The summed E-state index contributed by atoms with van der Waals surface area (Å²) in [6.45, 7) is 3.58. The van der Waals surface area contributed by atoms with Crippen LogP contribution in [0.2, 0.25) is 0 Å². The first-order valence-electron chi connectivity index (χ1n) is 6.45. The summed E-state index contributed by atoms with van der Waals surface area (Å²) in [7, 11) is 1.33. The monoisotopic (exact) mass is 294 g/mol. The zero-order valence-electron chi connectivity index (χ0n) is 11.9. The number of esters is 1. The Hall–Kier alpha value is -1.01. The molecule has 0 saturated heterocycles. The second-order valence-electron chi connectivity index (χ2n) is 4.35. The topological polar surface area (TPSA) is 105 Å². The summed E-state index contributed by atoms with van der Waals surface area (Å²) in [4.78, 5) is 12.9. The lowest BCUT2D eigenvalue weighted by Gasteiger charge is -2.23. The smallest absolute Gasteiger partial charge is 0.322 e. The van der Waals surface area contributed by atoms with Crippen LogP contribution in [-0.4, -0.2) is 43.1 Å². The van der Waals surface area contributed by atoms with Gasteiger partial charge in [-0.25, -0.2) is 0 Å². The second kappa shape index (κ2) is 12.0. The number of guanidine groups is 1. The molecule has 0 aromatic rings. The highest BCUT2D eigenvalue weighted by molar-refractivity contribution is 5.85. The number of methoxy groups -OCH3 is 1. The maximum Gasteiger partial charge on any atom is 0.322 e. The lowest BCUT2D eigenvalue weighted by Crippen LogP contribution is -2.39. The molecule has 0 spiro atoms. The van der Waals surface area contributed by atoms with Gasteiger partial charge in [-0.1, -0.05) is 19.8 Å². The molecule has 5 N–H and O–H groups in total. The van der Waals surface area contributed by atoms with Gasteiger partial charge >= 0.3 is 5.97 Å². The third-order valence-corrected chi connectivity index (χ3v) is 2.82. The lowest BCUT2D eigenvalue weighted by molar-refractivity contribution is -0.142. The van der Waals surface area contributed by atoms with Gasteiger partial charge in [0.15, 0.2) is 5.96 Å². The number of nitrogens with zero attached hydrogens (tertiary/aromatic N) is 1. The van der Waals surface area contributed by atoms with E-state index in [2.05, 4.69) is 11.7 Å². The SMILES string of the molecule is CCCCCN(CCCC(N)C(=O)OC)C(=N)N.Cl. The molecule has 1 unspecified atom stereocenters. The van der Waals surface area contributed by atoms with Gasteiger partial charge in [0.1, 0.15) is 6.04 Å². The molecule has 0 bridgehead atoms. The van der Waals surface area contributed by atoms with Crippen molar-refractivity contribution in [1.29, 1.82) is 5.41 Å². The molecule has 0 heterocycles. The van der Waals surface area contributed by atoms with E-state index in [4.69, 9.17) is 16.9 Å². The molecule has 0 saturated carbocycles. The number of unbranched alkanes of at least 4 members (excludes halogenated alkanes) is 2. The molecule has 6 nitrogen and oxygen atoms in total. The molecule has 0 fully saturated rings. The van der Waals surface area contributed by atoms with Crippen LogP contribution in [-0.2, 0) is 9.53 Å². The number of hydrogen-bond donors (Lipinski definition) is 3. The normalized spacial score (nSPS) is 11.3. The molecule has 0 aliphatic carbocycles. The fraction of sp³-hybridized carbons (Fsp3) is 0.833. The fourth-order valence-corrected chi connectivity index (χ4v) is 1.68. The van der Waals surface area contributed by atoms with E-state index in [-0.39, 0.29) is 18.4 Å². The molecule has 0 aromatic heterocycles. The summed E-state index contributed by atoms with van der Waals surface area (Å²) >= 11 is 0. The number of hydrogen-bond acceptors (Lipinski definition) is 4. The first-order valence-corrected chi connectivity index (χ1v) is 6.45. The van der Waals surface area contributed by atoms with Crippen LogP contribution in [0.15, 0.2) is 0 Å². The molecule has 0 amide bonds. The largest absolute Gasteiger partial charge is 0.468 e. The summed E-state index contributed by atoms with van der Waals surface area (Å²) < 4.78 is 4.55. The molecule has 114 valence electrons. The van der Waals surface area contributed by atoms with Crippen LogP contribution in [0, 0.1) is 5.41 Å². The van der Waals surface area contributed by atoms with Crippen LogP contribution in [0.3, 0.4) is 0 Å². The Morgan fingerprint density at radius 1 is 1.32 bits per heavy atom. The van der Waals surface area contributed by atoms with E-state index in [9.17, 15) is 4.79 Å². The molecule has 0 aliphatic heterocycles. The molecule has 0 aliphatic rings. The van der Waals surface area contributed by atoms with E-state index in [1.165, 1.54) is 7.11 Å². The third kappa shape index (κ3) is 9.55.